The Balaban J connectivity index is 2.13. The predicted octanol–water partition coefficient (Wildman–Crippen LogP) is 4.88. The maximum absolute atomic E-state index is 13.0. The molecule has 0 aliphatic heterocycles. The van der Waals surface area contributed by atoms with Gasteiger partial charge in [0.25, 0.3) is 0 Å². The molecule has 0 amide bonds. The summed E-state index contributed by atoms with van der Waals surface area (Å²) in [6, 6.07) is 8.29. The maximum atomic E-state index is 13.0. The quantitative estimate of drug-likeness (QED) is 0.848. The van der Waals surface area contributed by atoms with Gasteiger partial charge in [-0.05, 0) is 35.9 Å². The molecule has 0 saturated carbocycles. The molecular formula is C13H9Cl2F2N. The fraction of sp³-hybridized carbons (Fsp3) is 0.0769. The van der Waals surface area contributed by atoms with E-state index in [1.165, 1.54) is 12.1 Å². The zero-order chi connectivity index (χ0) is 13.1. The first-order valence-corrected chi connectivity index (χ1v) is 5.94. The van der Waals surface area contributed by atoms with Gasteiger partial charge in [0.05, 0.1) is 0 Å². The van der Waals surface area contributed by atoms with Gasteiger partial charge in [0, 0.05) is 28.3 Å². The summed E-state index contributed by atoms with van der Waals surface area (Å²) >= 11 is 11.8. The minimum Gasteiger partial charge on any atom is -0.381 e. The topological polar surface area (TPSA) is 12.0 Å². The lowest BCUT2D eigenvalue weighted by Crippen LogP contribution is -2.01. The SMILES string of the molecule is Fc1cc(F)cc(NCc2cc(Cl)ccc2Cl)c1. The first-order chi connectivity index (χ1) is 8.54. The number of rotatable bonds is 3. The molecule has 2 aromatic carbocycles. The van der Waals surface area contributed by atoms with Gasteiger partial charge in [0.1, 0.15) is 11.6 Å². The summed E-state index contributed by atoms with van der Waals surface area (Å²) in [5.74, 6) is -1.26. The van der Waals surface area contributed by atoms with E-state index in [4.69, 9.17) is 23.2 Å². The van der Waals surface area contributed by atoms with Crippen LogP contribution in [0.3, 0.4) is 0 Å². The molecule has 1 N–H and O–H groups in total. The molecule has 0 saturated heterocycles. The first-order valence-electron chi connectivity index (χ1n) is 5.18. The fourth-order valence-corrected chi connectivity index (χ4v) is 1.91. The third kappa shape index (κ3) is 3.34. The van der Waals surface area contributed by atoms with Crippen molar-refractivity contribution in [2.45, 2.75) is 6.54 Å². The Morgan fingerprint density at radius 1 is 0.944 bits per heavy atom. The largest absolute Gasteiger partial charge is 0.381 e. The van der Waals surface area contributed by atoms with Gasteiger partial charge < -0.3 is 5.32 Å². The van der Waals surface area contributed by atoms with Crippen molar-refractivity contribution in [3.8, 4) is 0 Å². The molecule has 18 heavy (non-hydrogen) atoms. The third-order valence-corrected chi connectivity index (χ3v) is 2.96. The summed E-state index contributed by atoms with van der Waals surface area (Å²) in [5.41, 5.74) is 1.11. The number of nitrogens with one attached hydrogen (secondary N) is 1. The minimum atomic E-state index is -0.630. The van der Waals surface area contributed by atoms with Gasteiger partial charge in [-0.2, -0.15) is 0 Å². The Hall–Kier alpha value is -1.32. The smallest absolute Gasteiger partial charge is 0.128 e. The van der Waals surface area contributed by atoms with Crippen LogP contribution in [0.15, 0.2) is 36.4 Å². The second-order valence-electron chi connectivity index (χ2n) is 3.75. The first kappa shape index (κ1) is 13.1. The Morgan fingerprint density at radius 3 is 2.28 bits per heavy atom. The van der Waals surface area contributed by atoms with Gasteiger partial charge in [0.15, 0.2) is 0 Å². The Labute approximate surface area is 113 Å². The van der Waals surface area contributed by atoms with Crippen LogP contribution < -0.4 is 5.32 Å². The molecule has 0 spiro atoms. The zero-order valence-corrected chi connectivity index (χ0v) is 10.7. The number of halogens is 4. The Morgan fingerprint density at radius 2 is 1.61 bits per heavy atom. The van der Waals surface area contributed by atoms with Crippen LogP contribution in [0.2, 0.25) is 10.0 Å². The van der Waals surface area contributed by atoms with Crippen LogP contribution in [0.1, 0.15) is 5.56 Å². The number of hydrogen-bond acceptors (Lipinski definition) is 1. The summed E-state index contributed by atoms with van der Waals surface area (Å²) < 4.78 is 25.9. The summed E-state index contributed by atoms with van der Waals surface area (Å²) in [5, 5.41) is 3.99. The van der Waals surface area contributed by atoms with Crippen LogP contribution in [0.25, 0.3) is 0 Å². The lowest BCUT2D eigenvalue weighted by Gasteiger charge is -2.09. The minimum absolute atomic E-state index is 0.336. The molecular weight excluding hydrogens is 279 g/mol. The van der Waals surface area contributed by atoms with Crippen LogP contribution in [0.4, 0.5) is 14.5 Å². The average Bonchev–Trinajstić information content (AvgIpc) is 2.29. The van der Waals surface area contributed by atoms with Crippen LogP contribution in [-0.2, 0) is 6.54 Å². The van der Waals surface area contributed by atoms with Crippen molar-refractivity contribution in [1.29, 1.82) is 0 Å². The van der Waals surface area contributed by atoms with Crippen molar-refractivity contribution in [2.24, 2.45) is 0 Å². The zero-order valence-electron chi connectivity index (χ0n) is 9.18. The van der Waals surface area contributed by atoms with Gasteiger partial charge in [-0.25, -0.2) is 8.78 Å². The van der Waals surface area contributed by atoms with Crippen molar-refractivity contribution in [3.05, 3.63) is 63.6 Å². The molecule has 0 aromatic heterocycles. The molecule has 5 heteroatoms. The third-order valence-electron chi connectivity index (χ3n) is 2.35. The highest BCUT2D eigenvalue weighted by Gasteiger charge is 2.03. The standard InChI is InChI=1S/C13H9Cl2F2N/c14-9-1-2-13(15)8(3-9)7-18-12-5-10(16)4-11(17)6-12/h1-6,18H,7H2. The van der Waals surface area contributed by atoms with Gasteiger partial charge in [0.2, 0.25) is 0 Å². The van der Waals surface area contributed by atoms with Crippen molar-refractivity contribution in [2.75, 3.05) is 5.32 Å². The monoisotopic (exact) mass is 287 g/mol. The van der Waals surface area contributed by atoms with E-state index in [1.54, 1.807) is 18.2 Å². The Bertz CT molecular complexity index is 553. The summed E-state index contributed by atoms with van der Waals surface area (Å²) in [4.78, 5) is 0. The number of benzene rings is 2. The van der Waals surface area contributed by atoms with Crippen molar-refractivity contribution < 1.29 is 8.78 Å². The molecule has 0 aliphatic carbocycles. The molecule has 2 aromatic rings. The molecule has 0 fully saturated rings. The normalized spacial score (nSPS) is 10.4. The average molecular weight is 288 g/mol. The highest BCUT2D eigenvalue weighted by Crippen LogP contribution is 2.22. The number of anilines is 1. The van der Waals surface area contributed by atoms with E-state index in [2.05, 4.69) is 5.32 Å². The van der Waals surface area contributed by atoms with E-state index in [0.717, 1.165) is 11.6 Å². The number of hydrogen-bond donors (Lipinski definition) is 1. The van der Waals surface area contributed by atoms with Gasteiger partial charge in [-0.3, -0.25) is 0 Å². The lowest BCUT2D eigenvalue weighted by molar-refractivity contribution is 0.584. The van der Waals surface area contributed by atoms with Crippen LogP contribution in [-0.4, -0.2) is 0 Å². The highest BCUT2D eigenvalue weighted by molar-refractivity contribution is 6.33. The second kappa shape index (κ2) is 5.55. The van der Waals surface area contributed by atoms with Gasteiger partial charge >= 0.3 is 0 Å². The molecule has 94 valence electrons. The van der Waals surface area contributed by atoms with Crippen LogP contribution >= 0.6 is 23.2 Å². The van der Waals surface area contributed by atoms with Crippen LogP contribution in [0, 0.1) is 11.6 Å². The lowest BCUT2D eigenvalue weighted by atomic mass is 10.2. The van der Waals surface area contributed by atoms with E-state index < -0.39 is 11.6 Å². The molecule has 0 aliphatic rings. The van der Waals surface area contributed by atoms with E-state index in [9.17, 15) is 8.78 Å². The van der Waals surface area contributed by atoms with E-state index in [0.29, 0.717) is 22.3 Å². The van der Waals surface area contributed by atoms with E-state index >= 15 is 0 Å². The molecule has 0 unspecified atom stereocenters. The highest BCUT2D eigenvalue weighted by atomic mass is 35.5. The molecule has 0 heterocycles. The van der Waals surface area contributed by atoms with Crippen molar-refractivity contribution >= 4 is 28.9 Å². The van der Waals surface area contributed by atoms with E-state index in [-0.39, 0.29) is 0 Å². The van der Waals surface area contributed by atoms with Crippen molar-refractivity contribution in [1.82, 2.24) is 0 Å². The summed E-state index contributed by atoms with van der Waals surface area (Å²) in [6.07, 6.45) is 0. The molecule has 0 atom stereocenters. The van der Waals surface area contributed by atoms with Crippen LogP contribution in [0.5, 0.6) is 0 Å². The Kier molecular flexibility index (Phi) is 4.04. The molecule has 0 bridgehead atoms. The van der Waals surface area contributed by atoms with Gasteiger partial charge in [-0.15, -0.1) is 0 Å². The maximum Gasteiger partial charge on any atom is 0.128 e. The molecule has 0 radical (unpaired) electrons. The van der Waals surface area contributed by atoms with E-state index in [1.807, 2.05) is 0 Å². The molecule has 1 nitrogen and oxygen atoms in total. The summed E-state index contributed by atoms with van der Waals surface area (Å²) in [6.45, 7) is 0.336. The van der Waals surface area contributed by atoms with Gasteiger partial charge in [-0.1, -0.05) is 23.2 Å². The fourth-order valence-electron chi connectivity index (χ4n) is 1.53. The predicted molar refractivity (Wildman–Crippen MR) is 70.1 cm³/mol. The molecule has 2 rings (SSSR count). The van der Waals surface area contributed by atoms with Crippen molar-refractivity contribution in [3.63, 3.8) is 0 Å². The second-order valence-corrected chi connectivity index (χ2v) is 4.59. The summed E-state index contributed by atoms with van der Waals surface area (Å²) in [7, 11) is 0.